The van der Waals surface area contributed by atoms with E-state index in [2.05, 4.69) is 20.6 Å². The van der Waals surface area contributed by atoms with Gasteiger partial charge >= 0.3 is 6.18 Å². The summed E-state index contributed by atoms with van der Waals surface area (Å²) in [5.74, 6) is 0.507. The fourth-order valence-electron chi connectivity index (χ4n) is 4.70. The molecule has 0 aromatic carbocycles. The minimum absolute atomic E-state index is 0.0501. The van der Waals surface area contributed by atoms with Gasteiger partial charge in [0.2, 0.25) is 5.95 Å². The normalized spacial score (nSPS) is 27.8. The number of carbonyl (C=O) groups excluding carboxylic acids is 1. The molecule has 2 N–H and O–H groups in total. The maximum absolute atomic E-state index is 13.5. The number of fused-ring (bicyclic) bond motifs is 2. The quantitative estimate of drug-likeness (QED) is 0.796. The maximum Gasteiger partial charge on any atom is 0.434 e. The Hall–Kier alpha value is -1.90. The molecule has 4 rings (SSSR count). The van der Waals surface area contributed by atoms with Gasteiger partial charge in [-0.05, 0) is 49.9 Å². The van der Waals surface area contributed by atoms with Crippen molar-refractivity contribution in [2.75, 3.05) is 25.1 Å². The van der Waals surface area contributed by atoms with Gasteiger partial charge in [0.25, 0.3) is 5.91 Å². The Labute approximate surface area is 161 Å². The molecule has 2 heterocycles. The zero-order valence-electron chi connectivity index (χ0n) is 15.6. The number of nitrogens with zero attached hydrogens (tertiary/aromatic N) is 2. The van der Waals surface area contributed by atoms with Crippen molar-refractivity contribution in [2.45, 2.75) is 50.7 Å². The molecule has 1 aromatic rings. The highest BCUT2D eigenvalue weighted by atomic mass is 19.4. The first-order valence-electron chi connectivity index (χ1n) is 9.97. The summed E-state index contributed by atoms with van der Waals surface area (Å²) in [5.41, 5.74) is -1.71. The molecule has 9 heteroatoms. The standard InChI is InChI=1S/C19H25F3N4O2/c20-19(21,22)16-14(17(27)23-9-11-3-5-28-6-4-11)10-24-18(26-16)25-15-8-12-1-2-13(15)7-12/h10-13,15H,1-9H2,(H,23,27)(H,24,25,26)/t12-,13+,15+/m0/s1. The first-order chi connectivity index (χ1) is 13.4. The van der Waals surface area contributed by atoms with Crippen molar-refractivity contribution >= 4 is 11.9 Å². The van der Waals surface area contributed by atoms with E-state index in [4.69, 9.17) is 4.74 Å². The highest BCUT2D eigenvalue weighted by Crippen LogP contribution is 2.45. The van der Waals surface area contributed by atoms with Crippen LogP contribution in [-0.4, -0.2) is 41.7 Å². The summed E-state index contributed by atoms with van der Waals surface area (Å²) in [6.45, 7) is 1.55. The van der Waals surface area contributed by atoms with Gasteiger partial charge in [-0.15, -0.1) is 0 Å². The van der Waals surface area contributed by atoms with Crippen LogP contribution < -0.4 is 10.6 Å². The van der Waals surface area contributed by atoms with Gasteiger partial charge in [0.05, 0.1) is 5.56 Å². The van der Waals surface area contributed by atoms with Crippen molar-refractivity contribution in [1.29, 1.82) is 0 Å². The van der Waals surface area contributed by atoms with E-state index in [1.807, 2.05) is 0 Å². The van der Waals surface area contributed by atoms with E-state index < -0.39 is 23.3 Å². The van der Waals surface area contributed by atoms with E-state index in [0.29, 0.717) is 31.6 Å². The van der Waals surface area contributed by atoms with Crippen LogP contribution in [0.4, 0.5) is 19.1 Å². The maximum atomic E-state index is 13.5. The summed E-state index contributed by atoms with van der Waals surface area (Å²) in [6, 6.07) is 0.119. The monoisotopic (exact) mass is 398 g/mol. The van der Waals surface area contributed by atoms with Gasteiger partial charge < -0.3 is 15.4 Å². The second-order valence-corrected chi connectivity index (χ2v) is 8.15. The number of nitrogens with one attached hydrogen (secondary N) is 2. The fraction of sp³-hybridized carbons (Fsp3) is 0.737. The van der Waals surface area contributed by atoms with Gasteiger partial charge in [0.1, 0.15) is 0 Å². The molecule has 1 amide bonds. The van der Waals surface area contributed by atoms with E-state index >= 15 is 0 Å². The smallest absolute Gasteiger partial charge is 0.381 e. The van der Waals surface area contributed by atoms with Crippen molar-refractivity contribution in [3.63, 3.8) is 0 Å². The van der Waals surface area contributed by atoms with E-state index in [9.17, 15) is 18.0 Å². The molecule has 3 atom stereocenters. The van der Waals surface area contributed by atoms with Gasteiger partial charge in [-0.25, -0.2) is 9.97 Å². The molecular formula is C19H25F3N4O2. The van der Waals surface area contributed by atoms with Crippen molar-refractivity contribution < 1.29 is 22.7 Å². The molecule has 1 saturated heterocycles. The molecule has 0 spiro atoms. The summed E-state index contributed by atoms with van der Waals surface area (Å²) in [6.07, 6.45) is 2.21. The molecule has 2 bridgehead atoms. The van der Waals surface area contributed by atoms with Gasteiger partial charge in [-0.1, -0.05) is 6.42 Å². The summed E-state index contributed by atoms with van der Waals surface area (Å²) in [5, 5.41) is 5.67. The van der Waals surface area contributed by atoms with Crippen molar-refractivity contribution in [3.8, 4) is 0 Å². The lowest BCUT2D eigenvalue weighted by molar-refractivity contribution is -0.141. The van der Waals surface area contributed by atoms with E-state index in [-0.39, 0.29) is 17.9 Å². The average molecular weight is 398 g/mol. The lowest BCUT2D eigenvalue weighted by Gasteiger charge is -2.24. The molecule has 6 nitrogen and oxygen atoms in total. The molecule has 1 aliphatic heterocycles. The van der Waals surface area contributed by atoms with Gasteiger partial charge in [-0.2, -0.15) is 13.2 Å². The summed E-state index contributed by atoms with van der Waals surface area (Å²) in [4.78, 5) is 20.1. The number of carbonyl (C=O) groups is 1. The van der Waals surface area contributed by atoms with Crippen LogP contribution in [0.5, 0.6) is 0 Å². The lowest BCUT2D eigenvalue weighted by atomic mass is 9.95. The number of anilines is 1. The predicted molar refractivity (Wildman–Crippen MR) is 95.8 cm³/mol. The SMILES string of the molecule is O=C(NCC1CCOCC1)c1cnc(N[C@@H]2C[C@H]3CC[C@@H]2C3)nc1C(F)(F)F. The molecular weight excluding hydrogens is 373 g/mol. The molecule has 2 aliphatic carbocycles. The number of alkyl halides is 3. The Morgan fingerprint density at radius 3 is 2.61 bits per heavy atom. The third-order valence-corrected chi connectivity index (χ3v) is 6.25. The zero-order chi connectivity index (χ0) is 19.7. The third-order valence-electron chi connectivity index (χ3n) is 6.25. The van der Waals surface area contributed by atoms with E-state index in [0.717, 1.165) is 38.3 Å². The Morgan fingerprint density at radius 2 is 1.96 bits per heavy atom. The topological polar surface area (TPSA) is 76.1 Å². The van der Waals surface area contributed by atoms with Crippen molar-refractivity contribution in [1.82, 2.24) is 15.3 Å². The fourth-order valence-corrected chi connectivity index (χ4v) is 4.70. The van der Waals surface area contributed by atoms with Crippen LogP contribution in [0, 0.1) is 17.8 Å². The highest BCUT2D eigenvalue weighted by Gasteiger charge is 2.41. The molecule has 3 aliphatic rings. The number of halogens is 3. The first-order valence-corrected chi connectivity index (χ1v) is 9.97. The minimum Gasteiger partial charge on any atom is -0.381 e. The second-order valence-electron chi connectivity index (χ2n) is 8.15. The number of rotatable bonds is 5. The Bertz CT molecular complexity index is 722. The van der Waals surface area contributed by atoms with Crippen molar-refractivity contribution in [2.24, 2.45) is 17.8 Å². The summed E-state index contributed by atoms with van der Waals surface area (Å²) >= 11 is 0. The van der Waals surface area contributed by atoms with Crippen LogP contribution in [0.25, 0.3) is 0 Å². The number of hydrogen-bond donors (Lipinski definition) is 2. The van der Waals surface area contributed by atoms with Crippen LogP contribution in [-0.2, 0) is 10.9 Å². The summed E-state index contributed by atoms with van der Waals surface area (Å²) in [7, 11) is 0. The molecule has 154 valence electrons. The van der Waals surface area contributed by atoms with Crippen LogP contribution in [0.1, 0.15) is 54.6 Å². The minimum atomic E-state index is -4.72. The van der Waals surface area contributed by atoms with Gasteiger partial charge in [0, 0.05) is 32.0 Å². The lowest BCUT2D eigenvalue weighted by Crippen LogP contribution is -2.34. The number of hydrogen-bond acceptors (Lipinski definition) is 5. The predicted octanol–water partition coefficient (Wildman–Crippen LogP) is 3.25. The van der Waals surface area contributed by atoms with Crippen LogP contribution in [0.2, 0.25) is 0 Å². The first kappa shape index (κ1) is 19.4. The molecule has 2 saturated carbocycles. The second kappa shape index (κ2) is 7.85. The molecule has 0 radical (unpaired) electrons. The van der Waals surface area contributed by atoms with Crippen molar-refractivity contribution in [3.05, 3.63) is 17.5 Å². The van der Waals surface area contributed by atoms with E-state index in [1.54, 1.807) is 0 Å². The van der Waals surface area contributed by atoms with Gasteiger partial charge in [-0.3, -0.25) is 4.79 Å². The molecule has 28 heavy (non-hydrogen) atoms. The number of aromatic nitrogens is 2. The Kier molecular flexibility index (Phi) is 5.44. The average Bonchev–Trinajstić information content (AvgIpc) is 3.29. The Morgan fingerprint density at radius 1 is 1.18 bits per heavy atom. The molecule has 0 unspecified atom stereocenters. The van der Waals surface area contributed by atoms with Crippen LogP contribution >= 0.6 is 0 Å². The molecule has 1 aromatic heterocycles. The van der Waals surface area contributed by atoms with E-state index in [1.165, 1.54) is 6.42 Å². The summed E-state index contributed by atoms with van der Waals surface area (Å²) < 4.78 is 45.9. The van der Waals surface area contributed by atoms with Gasteiger partial charge in [0.15, 0.2) is 5.69 Å². The largest absolute Gasteiger partial charge is 0.434 e. The van der Waals surface area contributed by atoms with Crippen LogP contribution in [0.15, 0.2) is 6.20 Å². The third kappa shape index (κ3) is 4.24. The number of amides is 1. The zero-order valence-corrected chi connectivity index (χ0v) is 15.6. The Balaban J connectivity index is 1.46. The van der Waals surface area contributed by atoms with Crippen LogP contribution in [0.3, 0.4) is 0 Å². The molecule has 3 fully saturated rings. The highest BCUT2D eigenvalue weighted by molar-refractivity contribution is 5.95. The number of ether oxygens (including phenoxy) is 1.